The van der Waals surface area contributed by atoms with E-state index in [0.29, 0.717) is 12.5 Å². The molecule has 0 atom stereocenters. The van der Waals surface area contributed by atoms with Crippen molar-refractivity contribution in [3.05, 3.63) is 52.3 Å². The van der Waals surface area contributed by atoms with Crippen LogP contribution in [0.25, 0.3) is 21.9 Å². The summed E-state index contributed by atoms with van der Waals surface area (Å²) in [6.07, 6.45) is 2.49. The monoisotopic (exact) mass is 367 g/mol. The molecule has 0 unspecified atom stereocenters. The molecule has 1 aromatic carbocycles. The van der Waals surface area contributed by atoms with Crippen molar-refractivity contribution in [2.24, 2.45) is 0 Å². The lowest BCUT2D eigenvalue weighted by atomic mass is 10.1. The normalized spacial score (nSPS) is 12.3. The van der Waals surface area contributed by atoms with Gasteiger partial charge in [0.25, 0.3) is 0 Å². The molecule has 26 heavy (non-hydrogen) atoms. The summed E-state index contributed by atoms with van der Waals surface area (Å²) in [6.45, 7) is 8.53. The Hall–Kier alpha value is -2.40. The van der Waals surface area contributed by atoms with Crippen LogP contribution in [0.15, 0.2) is 30.3 Å². The van der Waals surface area contributed by atoms with E-state index in [0.717, 1.165) is 26.4 Å². The predicted molar refractivity (Wildman–Crippen MR) is 106 cm³/mol. The number of carbonyl (C=O) groups excluding carboxylic acids is 1. The summed E-state index contributed by atoms with van der Waals surface area (Å²) in [5, 5.41) is 11.9. The van der Waals surface area contributed by atoms with Crippen LogP contribution >= 0.6 is 11.3 Å². The van der Waals surface area contributed by atoms with Crippen molar-refractivity contribution in [1.29, 1.82) is 0 Å². The first kappa shape index (κ1) is 18.4. The van der Waals surface area contributed by atoms with Crippen LogP contribution in [0.1, 0.15) is 54.7 Å². The summed E-state index contributed by atoms with van der Waals surface area (Å²) in [5.41, 5.74) is 5.39. The highest BCUT2D eigenvalue weighted by atomic mass is 32.1. The Balaban J connectivity index is 2.07. The maximum atomic E-state index is 11.0. The summed E-state index contributed by atoms with van der Waals surface area (Å²) >= 11 is 1.60. The number of para-hydroxylation sites is 1. The first-order chi connectivity index (χ1) is 12.4. The smallest absolute Gasteiger partial charge is 0.120 e. The number of carboxylic acid groups (broad SMARTS) is 1. The fourth-order valence-corrected chi connectivity index (χ4v) is 4.43. The van der Waals surface area contributed by atoms with Gasteiger partial charge in [0.1, 0.15) is 5.01 Å². The Morgan fingerprint density at radius 1 is 1.27 bits per heavy atom. The molecule has 0 fully saturated rings. The van der Waals surface area contributed by atoms with Crippen molar-refractivity contribution >= 4 is 39.2 Å². The molecule has 3 aromatic rings. The fraction of sp³-hybridized carbons (Fsp3) is 0.333. The molecule has 2 heterocycles. The maximum Gasteiger partial charge on any atom is 0.120 e. The van der Waals surface area contributed by atoms with E-state index >= 15 is 0 Å². The highest BCUT2D eigenvalue weighted by Crippen LogP contribution is 2.32. The molecule has 0 bridgehead atoms. The molecule has 0 aliphatic carbocycles. The average Bonchev–Trinajstić information content (AvgIpc) is 3.11. The lowest BCUT2D eigenvalue weighted by Gasteiger charge is -2.13. The highest BCUT2D eigenvalue weighted by molar-refractivity contribution is 7.19. The van der Waals surface area contributed by atoms with E-state index in [1.165, 1.54) is 11.4 Å². The maximum absolute atomic E-state index is 11.0. The van der Waals surface area contributed by atoms with E-state index < -0.39 is 5.97 Å². The molecule has 4 nitrogen and oxygen atoms in total. The van der Waals surface area contributed by atoms with Crippen LogP contribution in [0, 0.1) is 13.8 Å². The van der Waals surface area contributed by atoms with Crippen molar-refractivity contribution < 1.29 is 9.90 Å². The number of hydrogen-bond acceptors (Lipinski definition) is 4. The number of aliphatic carboxylic acids is 1. The molecule has 2 aromatic heterocycles. The first-order valence-corrected chi connectivity index (χ1v) is 9.63. The second-order valence-corrected chi connectivity index (χ2v) is 7.85. The van der Waals surface area contributed by atoms with Crippen LogP contribution in [-0.4, -0.2) is 15.5 Å². The Bertz CT molecular complexity index is 946. The number of aryl methyl sites for hydroxylation is 1. The molecule has 0 aliphatic rings. The zero-order valence-corrected chi connectivity index (χ0v) is 16.4. The predicted octanol–water partition coefficient (Wildman–Crippen LogP) is 4.37. The summed E-state index contributed by atoms with van der Waals surface area (Å²) in [7, 11) is 0. The summed E-state index contributed by atoms with van der Waals surface area (Å²) in [4.78, 5) is 15.7. The van der Waals surface area contributed by atoms with Crippen molar-refractivity contribution in [1.82, 2.24) is 9.55 Å². The molecular weight excluding hydrogens is 344 g/mol. The van der Waals surface area contributed by atoms with Crippen molar-refractivity contribution in [3.63, 3.8) is 0 Å². The molecule has 0 radical (unpaired) electrons. The molecule has 0 aliphatic heterocycles. The van der Waals surface area contributed by atoms with E-state index in [9.17, 15) is 9.90 Å². The number of fused-ring (bicyclic) bond motifs is 1. The SMILES string of the molecule is Cc1cc(/C=C(\CCC(=O)[O-])c2nc3ccccc3s2)c(C)n1C(C)C. The van der Waals surface area contributed by atoms with E-state index in [-0.39, 0.29) is 6.42 Å². The second kappa shape index (κ2) is 7.46. The number of hydrogen-bond donors (Lipinski definition) is 0. The minimum atomic E-state index is -1.04. The van der Waals surface area contributed by atoms with E-state index in [1.807, 2.05) is 24.3 Å². The van der Waals surface area contributed by atoms with Gasteiger partial charge in [0.05, 0.1) is 10.2 Å². The average molecular weight is 367 g/mol. The summed E-state index contributed by atoms with van der Waals surface area (Å²) in [6, 6.07) is 10.5. The molecule has 0 amide bonds. The molecule has 3 rings (SSSR count). The van der Waals surface area contributed by atoms with E-state index in [1.54, 1.807) is 11.3 Å². The number of aromatic nitrogens is 2. The van der Waals surface area contributed by atoms with Crippen LogP contribution in [0.2, 0.25) is 0 Å². The lowest BCUT2D eigenvalue weighted by Crippen LogP contribution is -2.21. The topological polar surface area (TPSA) is 57.9 Å². The van der Waals surface area contributed by atoms with Crippen LogP contribution in [-0.2, 0) is 4.79 Å². The molecule has 0 saturated heterocycles. The van der Waals surface area contributed by atoms with Gasteiger partial charge >= 0.3 is 0 Å². The molecule has 0 N–H and O–H groups in total. The lowest BCUT2D eigenvalue weighted by molar-refractivity contribution is -0.305. The van der Waals surface area contributed by atoms with Crippen LogP contribution in [0.3, 0.4) is 0 Å². The summed E-state index contributed by atoms with van der Waals surface area (Å²) in [5.74, 6) is -1.04. The Kier molecular flexibility index (Phi) is 5.28. The Morgan fingerprint density at radius 3 is 2.62 bits per heavy atom. The Morgan fingerprint density at radius 2 is 2.00 bits per heavy atom. The standard InChI is InChI=1S/C21H24N2O2S/c1-13(2)23-14(3)11-17(15(23)4)12-16(9-10-20(24)25)21-22-18-7-5-6-8-19(18)26-21/h5-8,11-13H,9-10H2,1-4H3,(H,24,25)/p-1/b16-12+. The van der Waals surface area contributed by atoms with Gasteiger partial charge in [-0.25, -0.2) is 4.98 Å². The zero-order valence-electron chi connectivity index (χ0n) is 15.6. The number of allylic oxidation sites excluding steroid dienone is 1. The minimum absolute atomic E-state index is 0.00925. The third-order valence-electron chi connectivity index (χ3n) is 4.54. The first-order valence-electron chi connectivity index (χ1n) is 8.81. The van der Waals surface area contributed by atoms with Gasteiger partial charge in [-0.3, -0.25) is 0 Å². The number of carbonyl (C=O) groups is 1. The molecule has 136 valence electrons. The van der Waals surface area contributed by atoms with Gasteiger partial charge in [0, 0.05) is 23.4 Å². The number of carboxylic acids is 1. The molecule has 0 saturated carbocycles. The summed E-state index contributed by atoms with van der Waals surface area (Å²) < 4.78 is 3.40. The second-order valence-electron chi connectivity index (χ2n) is 6.82. The van der Waals surface area contributed by atoms with Gasteiger partial charge in [-0.15, -0.1) is 11.3 Å². The zero-order chi connectivity index (χ0) is 18.8. The molecular formula is C21H23N2O2S-. The molecule has 5 heteroatoms. The van der Waals surface area contributed by atoms with Gasteiger partial charge in [0.2, 0.25) is 0 Å². The van der Waals surface area contributed by atoms with Crippen LogP contribution in [0.4, 0.5) is 0 Å². The fourth-order valence-electron chi connectivity index (χ4n) is 3.42. The van der Waals surface area contributed by atoms with Crippen molar-refractivity contribution in [2.45, 2.75) is 46.6 Å². The largest absolute Gasteiger partial charge is 0.550 e. The third-order valence-corrected chi connectivity index (χ3v) is 5.65. The van der Waals surface area contributed by atoms with Gasteiger partial charge in [-0.05, 0) is 75.9 Å². The van der Waals surface area contributed by atoms with E-state index in [4.69, 9.17) is 4.98 Å². The van der Waals surface area contributed by atoms with Gasteiger partial charge in [-0.1, -0.05) is 12.1 Å². The van der Waals surface area contributed by atoms with Crippen molar-refractivity contribution in [3.8, 4) is 0 Å². The Labute approximate surface area is 157 Å². The highest BCUT2D eigenvalue weighted by Gasteiger charge is 2.13. The number of rotatable bonds is 6. The molecule has 0 spiro atoms. The van der Waals surface area contributed by atoms with E-state index in [2.05, 4.69) is 44.4 Å². The quantitative estimate of drug-likeness (QED) is 0.650. The van der Waals surface area contributed by atoms with Gasteiger partial charge < -0.3 is 14.5 Å². The van der Waals surface area contributed by atoms with Gasteiger partial charge in [-0.2, -0.15) is 0 Å². The van der Waals surface area contributed by atoms with Crippen LogP contribution in [0.5, 0.6) is 0 Å². The van der Waals surface area contributed by atoms with Crippen LogP contribution < -0.4 is 5.11 Å². The number of thiazole rings is 1. The third kappa shape index (κ3) is 3.73. The minimum Gasteiger partial charge on any atom is -0.550 e. The van der Waals surface area contributed by atoms with Gasteiger partial charge in [0.15, 0.2) is 0 Å². The number of nitrogens with zero attached hydrogens (tertiary/aromatic N) is 2. The number of benzene rings is 1. The van der Waals surface area contributed by atoms with Crippen molar-refractivity contribution in [2.75, 3.05) is 0 Å².